The average molecular weight is 285 g/mol. The van der Waals surface area contributed by atoms with Crippen molar-refractivity contribution in [1.82, 2.24) is 0 Å². The first kappa shape index (κ1) is 11.4. The number of anilines is 1. The molecular formula is C11H13BrN2O2. The fourth-order valence-corrected chi connectivity index (χ4v) is 2.53. The number of nitro groups is 1. The molecule has 5 heteroatoms. The monoisotopic (exact) mass is 284 g/mol. The summed E-state index contributed by atoms with van der Waals surface area (Å²) >= 11 is 3.27. The van der Waals surface area contributed by atoms with Gasteiger partial charge in [0.15, 0.2) is 0 Å². The molecule has 1 aliphatic rings. The molecule has 0 amide bonds. The van der Waals surface area contributed by atoms with E-state index in [1.54, 1.807) is 6.07 Å². The van der Waals surface area contributed by atoms with Crippen molar-refractivity contribution in [1.29, 1.82) is 0 Å². The van der Waals surface area contributed by atoms with Gasteiger partial charge in [-0.25, -0.2) is 0 Å². The summed E-state index contributed by atoms with van der Waals surface area (Å²) in [6.07, 6.45) is 2.21. The second-order valence-corrected chi connectivity index (χ2v) is 4.99. The molecule has 1 saturated heterocycles. The van der Waals surface area contributed by atoms with Crippen molar-refractivity contribution in [3.8, 4) is 0 Å². The molecule has 1 aromatic carbocycles. The van der Waals surface area contributed by atoms with Gasteiger partial charge in [0, 0.05) is 23.1 Å². The Hall–Kier alpha value is -1.10. The summed E-state index contributed by atoms with van der Waals surface area (Å²) in [6, 6.07) is 5.64. The van der Waals surface area contributed by atoms with Gasteiger partial charge in [-0.3, -0.25) is 10.1 Å². The summed E-state index contributed by atoms with van der Waals surface area (Å²) in [5.41, 5.74) is 0.918. The number of hydrogen-bond acceptors (Lipinski definition) is 3. The van der Waals surface area contributed by atoms with Crippen molar-refractivity contribution in [2.24, 2.45) is 0 Å². The molecule has 0 spiro atoms. The lowest BCUT2D eigenvalue weighted by Gasteiger charge is -2.23. The van der Waals surface area contributed by atoms with Crippen LogP contribution >= 0.6 is 15.9 Å². The topological polar surface area (TPSA) is 46.4 Å². The van der Waals surface area contributed by atoms with Gasteiger partial charge >= 0.3 is 0 Å². The van der Waals surface area contributed by atoms with Crippen LogP contribution in [0.1, 0.15) is 19.8 Å². The van der Waals surface area contributed by atoms with Crippen LogP contribution in [0.2, 0.25) is 0 Å². The third-order valence-corrected chi connectivity index (χ3v) is 3.49. The van der Waals surface area contributed by atoms with E-state index in [2.05, 4.69) is 27.8 Å². The molecule has 1 aliphatic heterocycles. The maximum absolute atomic E-state index is 11.0. The Kier molecular flexibility index (Phi) is 3.14. The van der Waals surface area contributed by atoms with Crippen molar-refractivity contribution in [3.63, 3.8) is 0 Å². The Morgan fingerprint density at radius 1 is 1.56 bits per heavy atom. The third kappa shape index (κ3) is 2.04. The Morgan fingerprint density at radius 2 is 2.31 bits per heavy atom. The van der Waals surface area contributed by atoms with E-state index in [1.165, 1.54) is 0 Å². The highest BCUT2D eigenvalue weighted by Crippen LogP contribution is 2.35. The smallest absolute Gasteiger partial charge is 0.293 e. The number of halogens is 1. The van der Waals surface area contributed by atoms with Crippen LogP contribution in [0.25, 0.3) is 0 Å². The predicted octanol–water partition coefficient (Wildman–Crippen LogP) is 3.35. The van der Waals surface area contributed by atoms with Gasteiger partial charge in [-0.15, -0.1) is 0 Å². The van der Waals surface area contributed by atoms with E-state index < -0.39 is 0 Å². The van der Waals surface area contributed by atoms with Gasteiger partial charge in [-0.05, 0) is 31.9 Å². The lowest BCUT2D eigenvalue weighted by molar-refractivity contribution is -0.384. The van der Waals surface area contributed by atoms with Crippen molar-refractivity contribution < 1.29 is 4.92 Å². The average Bonchev–Trinajstić information content (AvgIpc) is 2.64. The van der Waals surface area contributed by atoms with E-state index in [0.717, 1.165) is 29.5 Å². The fourth-order valence-electron chi connectivity index (χ4n) is 2.18. The molecule has 16 heavy (non-hydrogen) atoms. The molecule has 0 radical (unpaired) electrons. The van der Waals surface area contributed by atoms with Crippen molar-refractivity contribution in [2.75, 3.05) is 11.4 Å². The highest BCUT2D eigenvalue weighted by atomic mass is 79.9. The molecule has 1 atom stereocenters. The fraction of sp³-hybridized carbons (Fsp3) is 0.455. The predicted molar refractivity (Wildman–Crippen MR) is 66.8 cm³/mol. The SMILES string of the molecule is CC1CCCN1c1ccc(Br)cc1[N+](=O)[O-]. The van der Waals surface area contributed by atoms with Crippen LogP contribution in [0.5, 0.6) is 0 Å². The lowest BCUT2D eigenvalue weighted by Crippen LogP contribution is -2.26. The zero-order chi connectivity index (χ0) is 11.7. The van der Waals surface area contributed by atoms with Crippen molar-refractivity contribution >= 4 is 27.3 Å². The summed E-state index contributed by atoms with van der Waals surface area (Å²) in [5.74, 6) is 0. The minimum absolute atomic E-state index is 0.183. The molecule has 0 bridgehead atoms. The first-order chi connectivity index (χ1) is 7.59. The summed E-state index contributed by atoms with van der Waals surface area (Å²) in [5, 5.41) is 11.0. The molecule has 1 unspecified atom stereocenters. The van der Waals surface area contributed by atoms with Crippen LogP contribution in [0.15, 0.2) is 22.7 Å². The van der Waals surface area contributed by atoms with E-state index in [-0.39, 0.29) is 10.6 Å². The summed E-state index contributed by atoms with van der Waals surface area (Å²) in [7, 11) is 0. The maximum atomic E-state index is 11.0. The molecule has 0 aliphatic carbocycles. The van der Waals surface area contributed by atoms with Crippen LogP contribution in [0.4, 0.5) is 11.4 Å². The Bertz CT molecular complexity index is 422. The number of nitrogens with zero attached hydrogens (tertiary/aromatic N) is 2. The van der Waals surface area contributed by atoms with Gasteiger partial charge in [-0.1, -0.05) is 15.9 Å². The molecule has 4 nitrogen and oxygen atoms in total. The number of benzene rings is 1. The lowest BCUT2D eigenvalue weighted by atomic mass is 10.2. The van der Waals surface area contributed by atoms with Crippen LogP contribution in [-0.2, 0) is 0 Å². The standard InChI is InChI=1S/C11H13BrN2O2/c1-8-3-2-6-13(8)10-5-4-9(12)7-11(10)14(15)16/h4-5,7-8H,2-3,6H2,1H3. The van der Waals surface area contributed by atoms with Gasteiger partial charge in [0.1, 0.15) is 5.69 Å². The Morgan fingerprint density at radius 3 is 2.88 bits per heavy atom. The summed E-state index contributed by atoms with van der Waals surface area (Å²) < 4.78 is 0.745. The van der Waals surface area contributed by atoms with Gasteiger partial charge in [-0.2, -0.15) is 0 Å². The summed E-state index contributed by atoms with van der Waals surface area (Å²) in [6.45, 7) is 3.02. The van der Waals surface area contributed by atoms with Crippen molar-refractivity contribution in [3.05, 3.63) is 32.8 Å². The minimum atomic E-state index is -0.314. The largest absolute Gasteiger partial charge is 0.363 e. The Balaban J connectivity index is 2.43. The Labute approximate surface area is 103 Å². The van der Waals surface area contributed by atoms with Gasteiger partial charge in [0.25, 0.3) is 5.69 Å². The molecule has 0 N–H and O–H groups in total. The zero-order valence-corrected chi connectivity index (χ0v) is 10.6. The highest BCUT2D eigenvalue weighted by molar-refractivity contribution is 9.10. The maximum Gasteiger partial charge on any atom is 0.293 e. The van der Waals surface area contributed by atoms with Crippen LogP contribution in [-0.4, -0.2) is 17.5 Å². The van der Waals surface area contributed by atoms with E-state index in [9.17, 15) is 10.1 Å². The van der Waals surface area contributed by atoms with E-state index in [1.807, 2.05) is 12.1 Å². The second-order valence-electron chi connectivity index (χ2n) is 4.07. The molecule has 1 heterocycles. The molecule has 0 saturated carbocycles. The van der Waals surface area contributed by atoms with Gasteiger partial charge < -0.3 is 4.90 Å². The molecule has 1 fully saturated rings. The second kappa shape index (κ2) is 4.41. The van der Waals surface area contributed by atoms with Crippen LogP contribution < -0.4 is 4.90 Å². The van der Waals surface area contributed by atoms with E-state index in [4.69, 9.17) is 0 Å². The zero-order valence-electron chi connectivity index (χ0n) is 9.02. The normalized spacial score (nSPS) is 20.1. The highest BCUT2D eigenvalue weighted by Gasteiger charge is 2.26. The first-order valence-corrected chi connectivity index (χ1v) is 6.09. The number of rotatable bonds is 2. The first-order valence-electron chi connectivity index (χ1n) is 5.30. The molecule has 86 valence electrons. The van der Waals surface area contributed by atoms with Crippen molar-refractivity contribution in [2.45, 2.75) is 25.8 Å². The third-order valence-electron chi connectivity index (χ3n) is 3.00. The van der Waals surface area contributed by atoms with E-state index in [0.29, 0.717) is 6.04 Å². The van der Waals surface area contributed by atoms with E-state index >= 15 is 0 Å². The number of nitro benzene ring substituents is 1. The number of hydrogen-bond donors (Lipinski definition) is 0. The van der Waals surface area contributed by atoms with Gasteiger partial charge in [0.2, 0.25) is 0 Å². The van der Waals surface area contributed by atoms with Crippen LogP contribution in [0, 0.1) is 10.1 Å². The summed E-state index contributed by atoms with van der Waals surface area (Å²) in [4.78, 5) is 12.8. The van der Waals surface area contributed by atoms with Gasteiger partial charge in [0.05, 0.1) is 4.92 Å². The molecule has 0 aromatic heterocycles. The molecule has 1 aromatic rings. The molecular weight excluding hydrogens is 272 g/mol. The molecule has 2 rings (SSSR count). The minimum Gasteiger partial charge on any atom is -0.363 e. The quantitative estimate of drug-likeness (QED) is 0.618. The van der Waals surface area contributed by atoms with Crippen LogP contribution in [0.3, 0.4) is 0 Å².